The molecule has 1 aliphatic rings. The van der Waals surface area contributed by atoms with Crippen molar-refractivity contribution in [1.29, 1.82) is 0 Å². The second-order valence-corrected chi connectivity index (χ2v) is 9.59. The van der Waals surface area contributed by atoms with Crippen LogP contribution in [0.5, 0.6) is 11.5 Å². The van der Waals surface area contributed by atoms with Crippen molar-refractivity contribution in [2.24, 2.45) is 5.92 Å². The Bertz CT molecular complexity index is 1230. The summed E-state index contributed by atoms with van der Waals surface area (Å²) >= 11 is 12.2. The third-order valence-corrected chi connectivity index (χ3v) is 6.86. The Labute approximate surface area is 220 Å². The van der Waals surface area contributed by atoms with Gasteiger partial charge in [-0.2, -0.15) is 0 Å². The number of rotatable bonds is 9. The zero-order valence-electron chi connectivity index (χ0n) is 20.6. The topological polar surface area (TPSA) is 85.8 Å². The van der Waals surface area contributed by atoms with Crippen molar-refractivity contribution in [3.8, 4) is 11.5 Å². The third kappa shape index (κ3) is 6.11. The fourth-order valence-corrected chi connectivity index (χ4v) is 4.52. The number of carbonyl (C=O) groups is 1. The number of ether oxygens (including phenoxy) is 3. The van der Waals surface area contributed by atoms with Crippen LogP contribution in [0.15, 0.2) is 36.7 Å². The maximum absolute atomic E-state index is 12.7. The molecule has 0 spiro atoms. The number of nitrogens with one attached hydrogen (secondary N) is 1. The Morgan fingerprint density at radius 3 is 2.81 bits per heavy atom. The Morgan fingerprint density at radius 2 is 2.06 bits per heavy atom. The predicted octanol–water partition coefficient (Wildman–Crippen LogP) is 5.73. The van der Waals surface area contributed by atoms with Gasteiger partial charge in [0.1, 0.15) is 24.9 Å². The first kappa shape index (κ1) is 26.3. The summed E-state index contributed by atoms with van der Waals surface area (Å²) in [6, 6.07) is 8.90. The Kier molecular flexibility index (Phi) is 8.72. The van der Waals surface area contributed by atoms with Crippen LogP contribution in [-0.2, 0) is 9.53 Å². The van der Waals surface area contributed by atoms with Gasteiger partial charge in [0, 0.05) is 29.6 Å². The first-order valence-corrected chi connectivity index (χ1v) is 12.7. The van der Waals surface area contributed by atoms with Crippen molar-refractivity contribution in [1.82, 2.24) is 14.9 Å². The summed E-state index contributed by atoms with van der Waals surface area (Å²) in [6.45, 7) is 5.96. The van der Waals surface area contributed by atoms with Crippen LogP contribution < -0.4 is 14.8 Å². The Hall–Kier alpha value is -2.81. The molecule has 1 unspecified atom stereocenters. The molecule has 2 heterocycles. The van der Waals surface area contributed by atoms with Gasteiger partial charge in [0.15, 0.2) is 11.5 Å². The van der Waals surface area contributed by atoms with Gasteiger partial charge in [0.2, 0.25) is 5.91 Å². The summed E-state index contributed by atoms with van der Waals surface area (Å²) in [5, 5.41) is 4.93. The first-order chi connectivity index (χ1) is 17.4. The number of hydrogen-bond donors (Lipinski definition) is 1. The molecule has 1 aromatic heterocycles. The van der Waals surface area contributed by atoms with Crippen molar-refractivity contribution in [3.63, 3.8) is 0 Å². The first-order valence-electron chi connectivity index (χ1n) is 12.0. The maximum atomic E-state index is 12.7. The van der Waals surface area contributed by atoms with Crippen LogP contribution in [-0.4, -0.2) is 60.3 Å². The van der Waals surface area contributed by atoms with Crippen LogP contribution in [0.25, 0.3) is 10.9 Å². The fraction of sp³-hybridized carbons (Fsp3) is 0.423. The molecule has 1 fully saturated rings. The van der Waals surface area contributed by atoms with Crippen LogP contribution in [0.1, 0.15) is 26.7 Å². The molecule has 1 amide bonds. The molecule has 8 nitrogen and oxygen atoms in total. The van der Waals surface area contributed by atoms with Gasteiger partial charge >= 0.3 is 0 Å². The fourth-order valence-electron chi connectivity index (χ4n) is 4.22. The molecule has 1 saturated heterocycles. The summed E-state index contributed by atoms with van der Waals surface area (Å²) in [6.07, 6.45) is 3.12. The van der Waals surface area contributed by atoms with Gasteiger partial charge in [-0.1, -0.05) is 43.5 Å². The number of methoxy groups -OCH3 is 1. The molecular formula is C26H30Cl2N4O4. The number of hydrogen-bond acceptors (Lipinski definition) is 7. The highest BCUT2D eigenvalue weighted by Crippen LogP contribution is 2.35. The lowest BCUT2D eigenvalue weighted by Crippen LogP contribution is -2.49. The monoisotopic (exact) mass is 532 g/mol. The number of halogens is 2. The highest BCUT2D eigenvalue weighted by Gasteiger charge is 2.27. The lowest BCUT2D eigenvalue weighted by atomic mass is 10.0. The molecule has 36 heavy (non-hydrogen) atoms. The summed E-state index contributed by atoms with van der Waals surface area (Å²) in [7, 11) is 1.58. The predicted molar refractivity (Wildman–Crippen MR) is 142 cm³/mol. The van der Waals surface area contributed by atoms with E-state index in [1.165, 1.54) is 6.33 Å². The van der Waals surface area contributed by atoms with Gasteiger partial charge in [0.25, 0.3) is 0 Å². The summed E-state index contributed by atoms with van der Waals surface area (Å²) in [4.78, 5) is 23.4. The maximum Gasteiger partial charge on any atom is 0.225 e. The molecule has 2 atom stereocenters. The van der Waals surface area contributed by atoms with Gasteiger partial charge in [-0.05, 0) is 30.7 Å². The SMILES string of the molecule is CCC[C@H](C)C(=O)N1CCOC(COc2cc3ncnc(Nc4ccc(Cl)c(Cl)c4)c3cc2OC)C1. The molecule has 0 radical (unpaired) electrons. The van der Waals surface area contributed by atoms with E-state index in [1.54, 1.807) is 19.2 Å². The molecule has 3 aromatic rings. The average Bonchev–Trinajstić information content (AvgIpc) is 2.89. The van der Waals surface area contributed by atoms with E-state index >= 15 is 0 Å². The van der Waals surface area contributed by atoms with E-state index in [1.807, 2.05) is 30.0 Å². The van der Waals surface area contributed by atoms with E-state index in [-0.39, 0.29) is 24.5 Å². The zero-order chi connectivity index (χ0) is 25.7. The van der Waals surface area contributed by atoms with Crippen molar-refractivity contribution in [2.45, 2.75) is 32.8 Å². The summed E-state index contributed by atoms with van der Waals surface area (Å²) < 4.78 is 17.6. The molecule has 1 N–H and O–H groups in total. The highest BCUT2D eigenvalue weighted by molar-refractivity contribution is 6.42. The van der Waals surface area contributed by atoms with E-state index in [0.717, 1.165) is 23.9 Å². The molecule has 0 aliphatic carbocycles. The van der Waals surface area contributed by atoms with E-state index in [2.05, 4.69) is 22.2 Å². The lowest BCUT2D eigenvalue weighted by molar-refractivity contribution is -0.143. The minimum atomic E-state index is -0.228. The van der Waals surface area contributed by atoms with Crippen LogP contribution in [0, 0.1) is 5.92 Å². The third-order valence-electron chi connectivity index (χ3n) is 6.12. The van der Waals surface area contributed by atoms with Crippen LogP contribution in [0.3, 0.4) is 0 Å². The van der Waals surface area contributed by atoms with Gasteiger partial charge in [-0.25, -0.2) is 9.97 Å². The minimum absolute atomic E-state index is 0.0154. The van der Waals surface area contributed by atoms with Crippen LogP contribution in [0.2, 0.25) is 10.0 Å². The van der Waals surface area contributed by atoms with Gasteiger partial charge in [-0.15, -0.1) is 0 Å². The second kappa shape index (κ2) is 12.0. The number of carbonyl (C=O) groups excluding carboxylic acids is 1. The van der Waals surface area contributed by atoms with Crippen molar-refractivity contribution in [2.75, 3.05) is 38.7 Å². The molecule has 10 heteroatoms. The number of anilines is 2. The number of benzene rings is 2. The van der Waals surface area contributed by atoms with Crippen LogP contribution in [0.4, 0.5) is 11.5 Å². The quantitative estimate of drug-likeness (QED) is 0.376. The second-order valence-electron chi connectivity index (χ2n) is 8.77. The molecule has 2 aromatic carbocycles. The van der Waals surface area contributed by atoms with Gasteiger partial charge in [0.05, 0.1) is 35.8 Å². The van der Waals surface area contributed by atoms with E-state index in [4.69, 9.17) is 37.4 Å². The van der Waals surface area contributed by atoms with Gasteiger partial charge in [-0.3, -0.25) is 4.79 Å². The molecule has 1 aliphatic heterocycles. The smallest absolute Gasteiger partial charge is 0.225 e. The van der Waals surface area contributed by atoms with Crippen molar-refractivity contribution < 1.29 is 19.0 Å². The molecule has 0 saturated carbocycles. The van der Waals surface area contributed by atoms with Crippen molar-refractivity contribution >= 4 is 51.5 Å². The number of amides is 1. The van der Waals surface area contributed by atoms with E-state index < -0.39 is 0 Å². The Balaban J connectivity index is 1.49. The number of aromatic nitrogens is 2. The number of fused-ring (bicyclic) bond motifs is 1. The highest BCUT2D eigenvalue weighted by atomic mass is 35.5. The minimum Gasteiger partial charge on any atom is -0.493 e. The zero-order valence-corrected chi connectivity index (χ0v) is 22.1. The number of morpholine rings is 1. The Morgan fingerprint density at radius 1 is 1.22 bits per heavy atom. The van der Waals surface area contributed by atoms with Gasteiger partial charge < -0.3 is 24.4 Å². The largest absolute Gasteiger partial charge is 0.493 e. The molecule has 192 valence electrons. The van der Waals surface area contributed by atoms with E-state index in [9.17, 15) is 4.79 Å². The van der Waals surface area contributed by atoms with Crippen LogP contribution >= 0.6 is 23.2 Å². The normalized spacial score (nSPS) is 16.6. The van der Waals surface area contributed by atoms with Crippen molar-refractivity contribution in [3.05, 3.63) is 46.7 Å². The standard InChI is InChI=1S/C26H30Cl2N4O4/c1-4-5-16(2)26(33)32-8-9-35-18(13-32)14-36-24-12-22-19(11-23(24)34-3)25(30-15-29-22)31-17-6-7-20(27)21(28)10-17/h6-7,10-12,15-16,18H,4-5,8-9,13-14H2,1-3H3,(H,29,30,31)/t16-,18?/m0/s1. The molecular weight excluding hydrogens is 503 g/mol. The van der Waals surface area contributed by atoms with E-state index in [0.29, 0.717) is 52.6 Å². The molecule has 4 rings (SSSR count). The average molecular weight is 533 g/mol. The summed E-state index contributed by atoms with van der Waals surface area (Å²) in [5.41, 5.74) is 1.42. The number of nitrogens with zero attached hydrogens (tertiary/aromatic N) is 3. The molecule has 0 bridgehead atoms. The summed E-state index contributed by atoms with van der Waals surface area (Å²) in [5.74, 6) is 1.85. The lowest BCUT2D eigenvalue weighted by Gasteiger charge is -2.34.